The summed E-state index contributed by atoms with van der Waals surface area (Å²) in [6.45, 7) is 0.879. The van der Waals surface area contributed by atoms with Crippen molar-refractivity contribution in [3.8, 4) is 33.9 Å². The molecule has 0 fully saturated rings. The molecule has 9 N–H and O–H groups in total. The minimum absolute atomic E-state index is 0.0605. The number of aldehydes is 1. The van der Waals surface area contributed by atoms with Crippen molar-refractivity contribution in [3.63, 3.8) is 0 Å². The SMILES string of the molecule is CC(C)NC(=O)c1cccc(F)c1.CO.Nc1scc(-c2nc3ccccc3n2C(F)F)c1C(=O)O.O=C(CCc1ccccc1)Nc1scc(-c2csc3ccccc23)c1C(=O)O.O=Cc1c(-c2nc3ccccc3[nH]2)csc1NC(=O)CCc1ccccc1. The summed E-state index contributed by atoms with van der Waals surface area (Å²) >= 11 is 5.15. The second kappa shape index (κ2) is 31.9. The first-order chi connectivity index (χ1) is 44.0. The number of nitrogens with zero attached hydrogens (tertiary/aromatic N) is 3. The first kappa shape index (κ1) is 66.8. The summed E-state index contributed by atoms with van der Waals surface area (Å²) in [6.07, 6.45) is 2.71. The number of carboxylic acids is 2. The molecule has 17 nitrogen and oxygen atoms in total. The van der Waals surface area contributed by atoms with E-state index in [1.807, 2.05) is 139 Å². The molecule has 466 valence electrons. The number of aromatic amines is 1. The van der Waals surface area contributed by atoms with Crippen LogP contribution in [0.1, 0.15) is 85.8 Å². The zero-order valence-electron chi connectivity index (χ0n) is 48.9. The number of aromatic carboxylic acids is 2. The zero-order chi connectivity index (χ0) is 65.1. The summed E-state index contributed by atoms with van der Waals surface area (Å²) in [5.74, 6) is -2.71. The van der Waals surface area contributed by atoms with Gasteiger partial charge in [0.1, 0.15) is 43.6 Å². The van der Waals surface area contributed by atoms with Crippen molar-refractivity contribution in [2.45, 2.75) is 52.1 Å². The highest BCUT2D eigenvalue weighted by atomic mass is 32.1. The molecule has 12 rings (SSSR count). The van der Waals surface area contributed by atoms with Gasteiger partial charge >= 0.3 is 18.5 Å². The van der Waals surface area contributed by atoms with E-state index in [1.165, 1.54) is 52.3 Å². The number of anilines is 3. The van der Waals surface area contributed by atoms with E-state index in [9.17, 15) is 52.2 Å². The molecule has 0 atom stereocenters. The monoisotopic (exact) mass is 1300 g/mol. The van der Waals surface area contributed by atoms with Gasteiger partial charge in [0.2, 0.25) is 11.8 Å². The van der Waals surface area contributed by atoms with E-state index >= 15 is 0 Å². The lowest BCUT2D eigenvalue weighted by Crippen LogP contribution is -2.30. The number of fused-ring (bicyclic) bond motifs is 3. The number of thiophene rings is 4. The number of halogens is 3. The van der Waals surface area contributed by atoms with Crippen LogP contribution in [0.2, 0.25) is 0 Å². The summed E-state index contributed by atoms with van der Waals surface area (Å²) < 4.78 is 41.2. The van der Waals surface area contributed by atoms with Crippen molar-refractivity contribution in [2.24, 2.45) is 0 Å². The highest BCUT2D eigenvalue weighted by molar-refractivity contribution is 7.18. The molecule has 0 saturated heterocycles. The molecule has 6 aromatic heterocycles. The third-order valence-electron chi connectivity index (χ3n) is 13.4. The Kier molecular flexibility index (Phi) is 23.4. The van der Waals surface area contributed by atoms with Crippen LogP contribution in [0.5, 0.6) is 0 Å². The third kappa shape index (κ3) is 17.0. The van der Waals surface area contributed by atoms with E-state index in [2.05, 4.69) is 30.9 Å². The van der Waals surface area contributed by atoms with Gasteiger partial charge in [0, 0.05) is 80.0 Å². The summed E-state index contributed by atoms with van der Waals surface area (Å²) in [6, 6.07) is 47.3. The lowest BCUT2D eigenvalue weighted by atomic mass is 10.0. The fraction of sp³-hybridized carbons (Fsp3) is 0.134. The smallest absolute Gasteiger partial charge is 0.339 e. The number of rotatable bonds is 17. The predicted octanol–water partition coefficient (Wildman–Crippen LogP) is 15.6. The van der Waals surface area contributed by atoms with Crippen LogP contribution in [0.25, 0.3) is 66.1 Å². The van der Waals surface area contributed by atoms with E-state index in [0.717, 1.165) is 62.5 Å². The lowest BCUT2D eigenvalue weighted by molar-refractivity contribution is -0.117. The first-order valence-electron chi connectivity index (χ1n) is 27.8. The molecule has 0 spiro atoms. The standard InChI is InChI=1S/C22H17NO3S2.C21H17N3O2S.C13H9F2N3O2S.C10H12FNO.CH4O/c24-19(11-10-14-6-2-1-3-7-14)23-21-20(22(25)26)17(13-28-21)16-12-27-18-9-5-4-8-15(16)18;25-12-15-16(20-22-17-8-4-5-9-18(17)23-20)13-27-21(15)24-19(26)11-10-14-6-2-1-3-7-14;14-13(15)18-8-4-2-1-3-7(8)17-11(18)6-5-21-10(16)9(6)12(19)20;1-7(2)12-10(13)8-4-3-5-9(11)6-8;1-2/h1-9,12-13H,10-11H2,(H,23,24)(H,25,26);1-9,12-13H,10-11H2,(H,22,23)(H,24,26);1-5,13H,16H2,(H,19,20);3-7H,1-2H3,(H,12,13);2H,1H3. The molecule has 6 aromatic carbocycles. The minimum atomic E-state index is -2.84. The average molecular weight is 1310 g/mol. The molecule has 0 radical (unpaired) electrons. The van der Waals surface area contributed by atoms with Crippen molar-refractivity contribution in [1.29, 1.82) is 0 Å². The van der Waals surface area contributed by atoms with E-state index in [1.54, 1.807) is 35.6 Å². The van der Waals surface area contributed by atoms with E-state index in [0.29, 0.717) is 73.8 Å². The number of nitrogens with two attached hydrogens (primary N) is 1. The number of aliphatic hydroxyl groups is 1. The number of aliphatic hydroxyl groups excluding tert-OH is 1. The van der Waals surface area contributed by atoms with Crippen LogP contribution in [-0.2, 0) is 22.4 Å². The molecule has 24 heteroatoms. The van der Waals surface area contributed by atoms with Crippen LogP contribution in [0.15, 0.2) is 179 Å². The van der Waals surface area contributed by atoms with Gasteiger partial charge in [-0.05, 0) is 91.7 Å². The van der Waals surface area contributed by atoms with Gasteiger partial charge in [-0.25, -0.2) is 23.9 Å². The number of alkyl halides is 2. The van der Waals surface area contributed by atoms with E-state index in [4.69, 9.17) is 10.8 Å². The molecule has 0 aliphatic carbocycles. The van der Waals surface area contributed by atoms with Gasteiger partial charge in [0.15, 0.2) is 6.29 Å². The fourth-order valence-corrected chi connectivity index (χ4v) is 12.9. The van der Waals surface area contributed by atoms with Crippen LogP contribution in [0.3, 0.4) is 0 Å². The number of hydrogen-bond acceptors (Lipinski definition) is 14. The number of benzene rings is 6. The summed E-state index contributed by atoms with van der Waals surface area (Å²) in [4.78, 5) is 82.8. The number of aryl methyl sites for hydroxylation is 2. The van der Waals surface area contributed by atoms with Crippen LogP contribution in [-0.4, -0.2) is 83.9 Å². The Bertz CT molecular complexity index is 4450. The summed E-state index contributed by atoms with van der Waals surface area (Å²) in [5, 5.41) is 43.4. The van der Waals surface area contributed by atoms with Gasteiger partial charge in [0.05, 0.1) is 27.6 Å². The topological polar surface area (TPSA) is 272 Å². The van der Waals surface area contributed by atoms with E-state index < -0.39 is 24.3 Å². The van der Waals surface area contributed by atoms with Crippen molar-refractivity contribution in [2.75, 3.05) is 23.5 Å². The van der Waals surface area contributed by atoms with Crippen molar-refractivity contribution in [1.82, 2.24) is 24.8 Å². The first-order valence-corrected chi connectivity index (χ1v) is 31.4. The quantitative estimate of drug-likeness (QED) is 0.0396. The molecule has 91 heavy (non-hydrogen) atoms. The van der Waals surface area contributed by atoms with Gasteiger partial charge in [-0.3, -0.25) is 23.7 Å². The number of para-hydroxylation sites is 4. The number of hydrogen-bond donors (Lipinski definition) is 8. The third-order valence-corrected chi connectivity index (χ3v) is 17.0. The molecule has 3 amide bonds. The van der Waals surface area contributed by atoms with Gasteiger partial charge in [-0.15, -0.1) is 45.3 Å². The van der Waals surface area contributed by atoms with E-state index in [-0.39, 0.29) is 56.8 Å². The zero-order valence-corrected chi connectivity index (χ0v) is 52.1. The molecular formula is C67H59F3N8O9S4. The van der Waals surface area contributed by atoms with Gasteiger partial charge in [-0.2, -0.15) is 8.78 Å². The number of nitrogens with one attached hydrogen (secondary N) is 4. The van der Waals surface area contributed by atoms with Crippen molar-refractivity contribution < 1.29 is 57.3 Å². The number of imidazole rings is 2. The van der Waals surface area contributed by atoms with Crippen molar-refractivity contribution in [3.05, 3.63) is 218 Å². The summed E-state index contributed by atoms with van der Waals surface area (Å²) in [5.41, 5.74) is 13.2. The van der Waals surface area contributed by atoms with Crippen LogP contribution >= 0.6 is 45.3 Å². The number of amides is 3. The van der Waals surface area contributed by atoms with Crippen molar-refractivity contribution >= 4 is 128 Å². The Labute approximate surface area is 535 Å². The van der Waals surface area contributed by atoms with Gasteiger partial charge in [0.25, 0.3) is 5.91 Å². The molecule has 12 aromatic rings. The molecule has 6 heterocycles. The van der Waals surface area contributed by atoms with Gasteiger partial charge in [-0.1, -0.05) is 109 Å². The van der Waals surface area contributed by atoms with Crippen LogP contribution in [0.4, 0.5) is 28.2 Å². The number of aromatic nitrogens is 4. The number of H-pyrrole nitrogens is 1. The average Bonchev–Trinajstić information content (AvgIpc) is 1.65. The second-order valence-electron chi connectivity index (χ2n) is 19.9. The Hall–Kier alpha value is -10.1. The number of carbonyl (C=O) groups excluding carboxylic acids is 4. The Balaban J connectivity index is 0.000000160. The summed E-state index contributed by atoms with van der Waals surface area (Å²) in [7, 11) is 1.00. The Morgan fingerprint density at radius 3 is 1.80 bits per heavy atom. The highest BCUT2D eigenvalue weighted by Gasteiger charge is 2.27. The molecule has 0 saturated carbocycles. The largest absolute Gasteiger partial charge is 0.478 e. The van der Waals surface area contributed by atoms with Gasteiger partial charge < -0.3 is 42.0 Å². The number of carbonyl (C=O) groups is 6. The number of carboxylic acid groups (broad SMARTS) is 2. The normalized spacial score (nSPS) is 10.7. The number of nitrogen functional groups attached to an aromatic ring is 1. The minimum Gasteiger partial charge on any atom is -0.478 e. The maximum absolute atomic E-state index is 13.4. The molecule has 0 bridgehead atoms. The predicted molar refractivity (Wildman–Crippen MR) is 356 cm³/mol. The molecule has 0 aliphatic rings. The molecule has 0 aliphatic heterocycles. The van der Waals surface area contributed by atoms with Crippen LogP contribution in [0, 0.1) is 5.82 Å². The molecular weight excluding hydrogens is 1250 g/mol. The highest BCUT2D eigenvalue weighted by Crippen LogP contribution is 2.42. The Morgan fingerprint density at radius 1 is 0.626 bits per heavy atom. The maximum atomic E-state index is 13.4. The second-order valence-corrected chi connectivity index (χ2v) is 23.5. The fourth-order valence-electron chi connectivity index (χ4n) is 9.24. The van der Waals surface area contributed by atoms with Crippen LogP contribution < -0.4 is 21.7 Å². The maximum Gasteiger partial charge on any atom is 0.339 e. The Morgan fingerprint density at radius 2 is 1.19 bits per heavy atom. The lowest BCUT2D eigenvalue weighted by Gasteiger charge is -2.07. The molecule has 0 unspecified atom stereocenters.